The van der Waals surface area contributed by atoms with E-state index in [9.17, 15) is 18.4 Å². The molecule has 1 atom stereocenters. The number of fused-ring (bicyclic) bond motifs is 1. The van der Waals surface area contributed by atoms with E-state index in [1.54, 1.807) is 19.9 Å². The number of rotatable bonds is 4. The lowest BCUT2D eigenvalue weighted by molar-refractivity contribution is -0.164. The number of halogens is 2. The van der Waals surface area contributed by atoms with Crippen LogP contribution < -0.4 is 4.74 Å². The molecule has 114 valence electrons. The van der Waals surface area contributed by atoms with Gasteiger partial charge in [0.25, 0.3) is 6.43 Å². The van der Waals surface area contributed by atoms with Gasteiger partial charge in [0.2, 0.25) is 0 Å². The molecular weight excluding hydrogens is 282 g/mol. The Hall–Kier alpha value is -1.98. The molecule has 0 amide bonds. The van der Waals surface area contributed by atoms with Gasteiger partial charge in [0.1, 0.15) is 5.75 Å². The molecule has 1 aromatic carbocycles. The van der Waals surface area contributed by atoms with E-state index >= 15 is 0 Å². The quantitative estimate of drug-likeness (QED) is 0.633. The summed E-state index contributed by atoms with van der Waals surface area (Å²) < 4.78 is 37.0. The maximum absolute atomic E-state index is 13.5. The minimum atomic E-state index is -3.13. The number of ketones is 1. The summed E-state index contributed by atoms with van der Waals surface area (Å²) in [7, 11) is 1.41. The Morgan fingerprint density at radius 2 is 2.00 bits per heavy atom. The Bertz CT molecular complexity index is 583. The van der Waals surface area contributed by atoms with Gasteiger partial charge in [-0.05, 0) is 31.5 Å². The minimum absolute atomic E-state index is 0.0929. The van der Waals surface area contributed by atoms with Crippen LogP contribution in [0, 0.1) is 5.41 Å². The largest absolute Gasteiger partial charge is 0.497 e. The minimum Gasteiger partial charge on any atom is -0.497 e. The topological polar surface area (TPSA) is 52.6 Å². The summed E-state index contributed by atoms with van der Waals surface area (Å²) in [5, 5.41) is 0. The van der Waals surface area contributed by atoms with Crippen LogP contribution in [-0.4, -0.2) is 31.4 Å². The highest BCUT2D eigenvalue weighted by Gasteiger charge is 2.59. The average molecular weight is 298 g/mol. The molecule has 0 fully saturated rings. The van der Waals surface area contributed by atoms with Crippen molar-refractivity contribution >= 4 is 11.8 Å². The second-order valence-corrected chi connectivity index (χ2v) is 5.26. The summed E-state index contributed by atoms with van der Waals surface area (Å²) in [6.07, 6.45) is -4.05. The molecule has 1 aliphatic rings. The third-order valence-corrected chi connectivity index (χ3v) is 3.52. The number of esters is 1. The zero-order chi connectivity index (χ0) is 15.8. The number of benzene rings is 1. The maximum Gasteiger partial charge on any atom is 0.326 e. The first-order chi connectivity index (χ1) is 9.82. The first-order valence-electron chi connectivity index (χ1n) is 6.54. The van der Waals surface area contributed by atoms with Crippen molar-refractivity contribution in [3.8, 4) is 5.75 Å². The van der Waals surface area contributed by atoms with Gasteiger partial charge in [-0.1, -0.05) is 6.07 Å². The zero-order valence-corrected chi connectivity index (χ0v) is 12.0. The van der Waals surface area contributed by atoms with Crippen LogP contribution in [0.25, 0.3) is 0 Å². The van der Waals surface area contributed by atoms with Crippen molar-refractivity contribution in [2.45, 2.75) is 32.8 Å². The molecule has 0 aliphatic heterocycles. The standard InChI is InChI=1S/C15H16F2O4/c1-8(2)21-14(19)15(13(16)17)7-9-4-5-10(20-3)6-11(9)12(15)18/h4-6,8,13H,7H2,1-3H3. The van der Waals surface area contributed by atoms with Gasteiger partial charge >= 0.3 is 5.97 Å². The Balaban J connectivity index is 2.47. The fourth-order valence-corrected chi connectivity index (χ4v) is 2.42. The summed E-state index contributed by atoms with van der Waals surface area (Å²) in [5.74, 6) is -1.70. The highest BCUT2D eigenvalue weighted by molar-refractivity contribution is 6.16. The van der Waals surface area contributed by atoms with Crippen LogP contribution in [0.1, 0.15) is 29.8 Å². The number of hydrogen-bond donors (Lipinski definition) is 0. The van der Waals surface area contributed by atoms with Crippen molar-refractivity contribution < 1.29 is 27.8 Å². The van der Waals surface area contributed by atoms with Gasteiger partial charge in [-0.25, -0.2) is 8.78 Å². The molecule has 1 aromatic rings. The number of methoxy groups -OCH3 is 1. The van der Waals surface area contributed by atoms with Crippen molar-refractivity contribution in [2.75, 3.05) is 7.11 Å². The Kier molecular flexibility index (Phi) is 3.98. The molecule has 0 radical (unpaired) electrons. The van der Waals surface area contributed by atoms with Crippen LogP contribution in [0.3, 0.4) is 0 Å². The molecule has 21 heavy (non-hydrogen) atoms. The summed E-state index contributed by atoms with van der Waals surface area (Å²) in [6, 6.07) is 4.48. The van der Waals surface area contributed by atoms with Crippen LogP contribution in [0.2, 0.25) is 0 Å². The summed E-state index contributed by atoms with van der Waals surface area (Å²) >= 11 is 0. The Morgan fingerprint density at radius 1 is 1.33 bits per heavy atom. The molecule has 1 aliphatic carbocycles. The second-order valence-electron chi connectivity index (χ2n) is 5.26. The summed E-state index contributed by atoms with van der Waals surface area (Å²) in [6.45, 7) is 3.10. The van der Waals surface area contributed by atoms with Crippen molar-refractivity contribution in [1.82, 2.24) is 0 Å². The van der Waals surface area contributed by atoms with Crippen LogP contribution in [0.4, 0.5) is 8.78 Å². The SMILES string of the molecule is COc1ccc2c(c1)C(=O)C(C(=O)OC(C)C)(C(F)F)C2. The first-order valence-corrected chi connectivity index (χ1v) is 6.54. The van der Waals surface area contributed by atoms with E-state index < -0.39 is 29.7 Å². The maximum atomic E-state index is 13.5. The fourth-order valence-electron chi connectivity index (χ4n) is 2.42. The first kappa shape index (κ1) is 15.4. The number of Topliss-reactive ketones (excluding diaryl/α,β-unsaturated/α-hetero) is 1. The molecule has 0 heterocycles. The van der Waals surface area contributed by atoms with Gasteiger partial charge in [-0.2, -0.15) is 0 Å². The van der Waals surface area contributed by atoms with E-state index in [4.69, 9.17) is 9.47 Å². The molecule has 0 spiro atoms. The number of carbonyl (C=O) groups is 2. The molecule has 2 rings (SSSR count). The van der Waals surface area contributed by atoms with Gasteiger partial charge < -0.3 is 9.47 Å². The lowest BCUT2D eigenvalue weighted by Gasteiger charge is -2.25. The van der Waals surface area contributed by atoms with Gasteiger partial charge in [0.05, 0.1) is 13.2 Å². The number of carbonyl (C=O) groups excluding carboxylic acids is 2. The monoisotopic (exact) mass is 298 g/mol. The number of alkyl halides is 2. The van der Waals surface area contributed by atoms with Gasteiger partial charge in [0, 0.05) is 12.0 Å². The number of hydrogen-bond acceptors (Lipinski definition) is 4. The molecule has 1 unspecified atom stereocenters. The van der Waals surface area contributed by atoms with Crippen LogP contribution in [0.5, 0.6) is 5.75 Å². The Morgan fingerprint density at radius 3 is 2.52 bits per heavy atom. The summed E-state index contributed by atoms with van der Waals surface area (Å²) in [5.41, 5.74) is -1.95. The lowest BCUT2D eigenvalue weighted by Crippen LogP contribution is -2.45. The Labute approximate surface area is 121 Å². The number of ether oxygens (including phenoxy) is 2. The summed E-state index contributed by atoms with van der Waals surface area (Å²) in [4.78, 5) is 24.5. The highest BCUT2D eigenvalue weighted by Crippen LogP contribution is 2.43. The van der Waals surface area contributed by atoms with E-state index in [-0.39, 0.29) is 12.0 Å². The predicted molar refractivity (Wildman–Crippen MR) is 70.7 cm³/mol. The van der Waals surface area contributed by atoms with Gasteiger partial charge in [-0.3, -0.25) is 9.59 Å². The average Bonchev–Trinajstić information content (AvgIpc) is 2.72. The molecule has 0 saturated carbocycles. The van der Waals surface area contributed by atoms with Crippen molar-refractivity contribution in [1.29, 1.82) is 0 Å². The van der Waals surface area contributed by atoms with Crippen molar-refractivity contribution in [3.05, 3.63) is 29.3 Å². The van der Waals surface area contributed by atoms with E-state index in [1.807, 2.05) is 0 Å². The zero-order valence-electron chi connectivity index (χ0n) is 12.0. The van der Waals surface area contributed by atoms with Crippen LogP contribution in [-0.2, 0) is 16.0 Å². The van der Waals surface area contributed by atoms with E-state index in [2.05, 4.69) is 0 Å². The molecule has 0 bridgehead atoms. The van der Waals surface area contributed by atoms with Gasteiger partial charge in [-0.15, -0.1) is 0 Å². The van der Waals surface area contributed by atoms with Crippen LogP contribution >= 0.6 is 0 Å². The molecule has 0 N–H and O–H groups in total. The van der Waals surface area contributed by atoms with Crippen molar-refractivity contribution in [2.24, 2.45) is 5.41 Å². The van der Waals surface area contributed by atoms with E-state index in [1.165, 1.54) is 19.2 Å². The fraction of sp³-hybridized carbons (Fsp3) is 0.467. The van der Waals surface area contributed by atoms with E-state index in [0.29, 0.717) is 11.3 Å². The van der Waals surface area contributed by atoms with Crippen LogP contribution in [0.15, 0.2) is 18.2 Å². The van der Waals surface area contributed by atoms with Gasteiger partial charge in [0.15, 0.2) is 11.2 Å². The molecular formula is C15H16F2O4. The lowest BCUT2D eigenvalue weighted by atomic mass is 9.84. The smallest absolute Gasteiger partial charge is 0.326 e. The van der Waals surface area contributed by atoms with Crippen molar-refractivity contribution in [3.63, 3.8) is 0 Å². The molecule has 0 saturated heterocycles. The van der Waals surface area contributed by atoms with E-state index in [0.717, 1.165) is 0 Å². The normalized spacial score (nSPS) is 20.8. The highest BCUT2D eigenvalue weighted by atomic mass is 19.3. The third kappa shape index (κ3) is 2.39. The molecule has 6 heteroatoms. The third-order valence-electron chi connectivity index (χ3n) is 3.52. The second kappa shape index (κ2) is 5.42. The predicted octanol–water partition coefficient (Wildman–Crippen LogP) is 2.64. The molecule has 0 aromatic heterocycles. The molecule has 4 nitrogen and oxygen atoms in total.